The maximum atomic E-state index is 12.4. The fourth-order valence-corrected chi connectivity index (χ4v) is 2.47. The molecule has 0 unspecified atom stereocenters. The molecular formula is C19H15N3O4. The SMILES string of the molecule is COc1cc2ccccc2cc1C(=O)NN=Cc1ccc([N+](=O)[O-])cc1. The molecule has 130 valence electrons. The highest BCUT2D eigenvalue weighted by Crippen LogP contribution is 2.25. The molecule has 0 aliphatic carbocycles. The molecule has 1 amide bonds. The van der Waals surface area contributed by atoms with Crippen molar-refractivity contribution in [1.82, 2.24) is 5.43 Å². The molecule has 0 bridgehead atoms. The first kappa shape index (κ1) is 17.1. The van der Waals surface area contributed by atoms with Crippen LogP contribution in [0.2, 0.25) is 0 Å². The smallest absolute Gasteiger partial charge is 0.275 e. The lowest BCUT2D eigenvalue weighted by atomic mass is 10.1. The van der Waals surface area contributed by atoms with Crippen LogP contribution >= 0.6 is 0 Å². The maximum Gasteiger partial charge on any atom is 0.275 e. The minimum Gasteiger partial charge on any atom is -0.496 e. The Hall–Kier alpha value is -3.74. The van der Waals surface area contributed by atoms with Crippen LogP contribution in [0, 0.1) is 10.1 Å². The highest BCUT2D eigenvalue weighted by Gasteiger charge is 2.13. The number of amides is 1. The van der Waals surface area contributed by atoms with E-state index in [1.165, 1.54) is 25.5 Å². The Kier molecular flexibility index (Phi) is 4.89. The number of ether oxygens (including phenoxy) is 1. The fraction of sp³-hybridized carbons (Fsp3) is 0.0526. The summed E-state index contributed by atoms with van der Waals surface area (Å²) in [6.07, 6.45) is 1.41. The number of fused-ring (bicyclic) bond motifs is 1. The zero-order valence-electron chi connectivity index (χ0n) is 13.9. The molecule has 3 aromatic carbocycles. The molecule has 0 radical (unpaired) electrons. The number of benzene rings is 3. The van der Waals surface area contributed by atoms with Crippen LogP contribution < -0.4 is 10.2 Å². The summed E-state index contributed by atoms with van der Waals surface area (Å²) in [5, 5.41) is 16.4. The van der Waals surface area contributed by atoms with Gasteiger partial charge in [0.25, 0.3) is 11.6 Å². The predicted octanol–water partition coefficient (Wildman–Crippen LogP) is 3.52. The molecule has 3 aromatic rings. The number of carbonyl (C=O) groups excluding carboxylic acids is 1. The zero-order chi connectivity index (χ0) is 18.5. The highest BCUT2D eigenvalue weighted by molar-refractivity contribution is 6.01. The van der Waals surface area contributed by atoms with Crippen LogP contribution in [0.1, 0.15) is 15.9 Å². The minimum atomic E-state index is -0.477. The summed E-state index contributed by atoms with van der Waals surface area (Å²) in [7, 11) is 1.50. The molecule has 0 aromatic heterocycles. The van der Waals surface area contributed by atoms with E-state index in [4.69, 9.17) is 4.74 Å². The molecule has 7 nitrogen and oxygen atoms in total. The summed E-state index contributed by atoms with van der Waals surface area (Å²) in [6.45, 7) is 0. The molecule has 1 N–H and O–H groups in total. The molecule has 0 atom stereocenters. The number of hydrazone groups is 1. The third-order valence-corrected chi connectivity index (χ3v) is 3.80. The van der Waals surface area contributed by atoms with Crippen LogP contribution in [0.15, 0.2) is 65.8 Å². The van der Waals surface area contributed by atoms with Crippen LogP contribution in [0.25, 0.3) is 10.8 Å². The number of hydrogen-bond acceptors (Lipinski definition) is 5. The van der Waals surface area contributed by atoms with Gasteiger partial charge in [-0.2, -0.15) is 5.10 Å². The van der Waals surface area contributed by atoms with Crippen molar-refractivity contribution in [3.05, 3.63) is 81.9 Å². The fourth-order valence-electron chi connectivity index (χ4n) is 2.47. The number of nitrogens with zero attached hydrogens (tertiary/aromatic N) is 2. The van der Waals surface area contributed by atoms with Crippen molar-refractivity contribution in [2.24, 2.45) is 5.10 Å². The second kappa shape index (κ2) is 7.43. The molecule has 0 aliphatic heterocycles. The first-order valence-corrected chi connectivity index (χ1v) is 7.73. The van der Waals surface area contributed by atoms with E-state index >= 15 is 0 Å². The van der Waals surface area contributed by atoms with Gasteiger partial charge in [0.05, 0.1) is 23.8 Å². The zero-order valence-corrected chi connectivity index (χ0v) is 13.9. The number of methoxy groups -OCH3 is 1. The van der Waals surface area contributed by atoms with E-state index in [9.17, 15) is 14.9 Å². The van der Waals surface area contributed by atoms with Gasteiger partial charge in [0.15, 0.2) is 0 Å². The summed E-state index contributed by atoms with van der Waals surface area (Å²) in [5.74, 6) is 0.0394. The largest absolute Gasteiger partial charge is 0.496 e. The van der Waals surface area contributed by atoms with Crippen molar-refractivity contribution in [1.29, 1.82) is 0 Å². The predicted molar refractivity (Wildman–Crippen MR) is 98.7 cm³/mol. The molecule has 0 saturated heterocycles. The van der Waals surface area contributed by atoms with Gasteiger partial charge in [-0.3, -0.25) is 14.9 Å². The lowest BCUT2D eigenvalue weighted by Crippen LogP contribution is -2.18. The van der Waals surface area contributed by atoms with Gasteiger partial charge in [-0.1, -0.05) is 24.3 Å². The second-order valence-electron chi connectivity index (χ2n) is 5.45. The second-order valence-corrected chi connectivity index (χ2v) is 5.45. The van der Waals surface area contributed by atoms with Gasteiger partial charge in [0.1, 0.15) is 5.75 Å². The Bertz CT molecular complexity index is 997. The van der Waals surface area contributed by atoms with E-state index in [-0.39, 0.29) is 5.69 Å². The van der Waals surface area contributed by atoms with Crippen LogP contribution in [-0.4, -0.2) is 24.2 Å². The van der Waals surface area contributed by atoms with Gasteiger partial charge < -0.3 is 4.74 Å². The number of nitrogens with one attached hydrogen (secondary N) is 1. The average Bonchev–Trinajstić information content (AvgIpc) is 2.67. The molecule has 0 aliphatic rings. The number of hydrogen-bond donors (Lipinski definition) is 1. The van der Waals surface area contributed by atoms with Gasteiger partial charge in [0.2, 0.25) is 0 Å². The topological polar surface area (TPSA) is 93.8 Å². The summed E-state index contributed by atoms with van der Waals surface area (Å²) in [6, 6.07) is 17.0. The Balaban J connectivity index is 1.77. The van der Waals surface area contributed by atoms with Crippen LogP contribution in [0.5, 0.6) is 5.75 Å². The van der Waals surface area contributed by atoms with Gasteiger partial charge in [0, 0.05) is 12.1 Å². The van der Waals surface area contributed by atoms with E-state index < -0.39 is 10.8 Å². The summed E-state index contributed by atoms with van der Waals surface area (Å²) in [4.78, 5) is 22.6. The standard InChI is InChI=1S/C19H15N3O4/c1-26-18-11-15-5-3-2-4-14(15)10-17(18)19(23)21-20-12-13-6-8-16(9-7-13)22(24)25/h2-12H,1H3,(H,21,23). The normalized spacial score (nSPS) is 10.8. The number of nitro groups is 1. The number of rotatable bonds is 5. The summed E-state index contributed by atoms with van der Waals surface area (Å²) >= 11 is 0. The van der Waals surface area contributed by atoms with E-state index in [1.54, 1.807) is 24.3 Å². The Morgan fingerprint density at radius 1 is 1.12 bits per heavy atom. The van der Waals surface area contributed by atoms with Crippen molar-refractivity contribution in [3.63, 3.8) is 0 Å². The van der Waals surface area contributed by atoms with Crippen molar-refractivity contribution in [3.8, 4) is 5.75 Å². The van der Waals surface area contributed by atoms with Gasteiger partial charge >= 0.3 is 0 Å². The molecule has 3 rings (SSSR count). The first-order chi connectivity index (χ1) is 12.6. The molecule has 0 heterocycles. The third kappa shape index (κ3) is 3.67. The number of carbonyl (C=O) groups is 1. The lowest BCUT2D eigenvalue weighted by Gasteiger charge is -2.09. The van der Waals surface area contributed by atoms with Crippen molar-refractivity contribution >= 4 is 28.6 Å². The van der Waals surface area contributed by atoms with E-state index in [1.807, 2.05) is 24.3 Å². The lowest BCUT2D eigenvalue weighted by molar-refractivity contribution is -0.384. The Morgan fingerprint density at radius 2 is 1.77 bits per heavy atom. The average molecular weight is 349 g/mol. The van der Waals surface area contributed by atoms with Crippen LogP contribution in [0.3, 0.4) is 0 Å². The first-order valence-electron chi connectivity index (χ1n) is 7.73. The summed E-state index contributed by atoms with van der Waals surface area (Å²) < 4.78 is 5.30. The van der Waals surface area contributed by atoms with E-state index in [0.29, 0.717) is 16.9 Å². The molecule has 0 fully saturated rings. The quantitative estimate of drug-likeness (QED) is 0.433. The number of non-ortho nitro benzene ring substituents is 1. The van der Waals surface area contributed by atoms with Crippen molar-refractivity contribution in [2.75, 3.05) is 7.11 Å². The van der Waals surface area contributed by atoms with E-state index in [0.717, 1.165) is 10.8 Å². The van der Waals surface area contributed by atoms with Crippen molar-refractivity contribution in [2.45, 2.75) is 0 Å². The molecule has 0 saturated carbocycles. The maximum absolute atomic E-state index is 12.4. The highest BCUT2D eigenvalue weighted by atomic mass is 16.6. The van der Waals surface area contributed by atoms with Crippen LogP contribution in [0.4, 0.5) is 5.69 Å². The molecular weight excluding hydrogens is 334 g/mol. The summed E-state index contributed by atoms with van der Waals surface area (Å²) in [5.41, 5.74) is 3.43. The minimum absolute atomic E-state index is 0.00733. The van der Waals surface area contributed by atoms with E-state index in [2.05, 4.69) is 10.5 Å². The van der Waals surface area contributed by atoms with Gasteiger partial charge in [-0.15, -0.1) is 0 Å². The molecule has 7 heteroatoms. The molecule has 26 heavy (non-hydrogen) atoms. The Morgan fingerprint density at radius 3 is 2.38 bits per heavy atom. The van der Waals surface area contributed by atoms with Crippen LogP contribution in [-0.2, 0) is 0 Å². The van der Waals surface area contributed by atoms with Crippen molar-refractivity contribution < 1.29 is 14.5 Å². The third-order valence-electron chi connectivity index (χ3n) is 3.80. The number of nitro benzene ring substituents is 1. The van der Waals surface area contributed by atoms with Gasteiger partial charge in [-0.25, -0.2) is 5.43 Å². The molecule has 0 spiro atoms. The van der Waals surface area contributed by atoms with Gasteiger partial charge in [-0.05, 0) is 40.6 Å². The Labute approximate surface area is 149 Å². The monoisotopic (exact) mass is 349 g/mol.